The van der Waals surface area contributed by atoms with Crippen LogP contribution in [0.3, 0.4) is 0 Å². The van der Waals surface area contributed by atoms with Crippen LogP contribution in [0.15, 0.2) is 94.9 Å². The molecule has 0 aliphatic carbocycles. The summed E-state index contributed by atoms with van der Waals surface area (Å²) in [5, 5.41) is 11.6. The second-order valence-corrected chi connectivity index (χ2v) is 9.86. The molecular formula is C24H16N4O3S3. The molecule has 0 atom stereocenters. The van der Waals surface area contributed by atoms with Crippen LogP contribution in [0, 0.1) is 14.1 Å². The molecule has 0 radical (unpaired) electrons. The zero-order chi connectivity index (χ0) is 23.7. The second kappa shape index (κ2) is 9.34. The van der Waals surface area contributed by atoms with Gasteiger partial charge in [-0.05, 0) is 42.0 Å². The Balaban J connectivity index is 1.68. The quantitative estimate of drug-likeness (QED) is 0.0904. The van der Waals surface area contributed by atoms with Gasteiger partial charge in [-0.15, -0.1) is 0 Å². The summed E-state index contributed by atoms with van der Waals surface area (Å²) in [6.45, 7) is 0. The number of thiazole rings is 1. The molecule has 0 aliphatic rings. The average molecular weight is 505 g/mol. The van der Waals surface area contributed by atoms with Crippen molar-refractivity contribution in [3.8, 4) is 11.4 Å². The van der Waals surface area contributed by atoms with Gasteiger partial charge in [0, 0.05) is 23.6 Å². The molecule has 2 heterocycles. The molecule has 0 amide bonds. The lowest BCUT2D eigenvalue weighted by Gasteiger charge is -2.13. The molecular weight excluding hydrogens is 488 g/mol. The SMILES string of the molecule is O=c1c2sc(=S)n(-c3ccccc3)c2nc(SCc2cccc([N+](=O)[O-])c2)n1-c1ccccc1. The standard InChI is InChI=1S/C24H16N4O3S3/c29-22-20-21(26(24(32)34-20)17-9-3-1-4-10-17)25-23(27(22)18-11-5-2-6-12-18)33-15-16-8-7-13-19(14-16)28(30)31/h1-14H,15H2. The van der Waals surface area contributed by atoms with Crippen LogP contribution in [0.25, 0.3) is 21.7 Å². The number of nitro benzene ring substituents is 1. The van der Waals surface area contributed by atoms with E-state index in [-0.39, 0.29) is 11.2 Å². The molecule has 0 aliphatic heterocycles. The van der Waals surface area contributed by atoms with Gasteiger partial charge in [-0.1, -0.05) is 71.6 Å². The number of hydrogen-bond acceptors (Lipinski definition) is 7. The van der Waals surface area contributed by atoms with Gasteiger partial charge in [0.1, 0.15) is 4.70 Å². The van der Waals surface area contributed by atoms with Gasteiger partial charge >= 0.3 is 0 Å². The number of nitro groups is 1. The smallest absolute Gasteiger partial charge is 0.275 e. The summed E-state index contributed by atoms with van der Waals surface area (Å²) in [5.41, 5.74) is 2.60. The fourth-order valence-electron chi connectivity index (χ4n) is 3.55. The van der Waals surface area contributed by atoms with Gasteiger partial charge < -0.3 is 0 Å². The fraction of sp³-hybridized carbons (Fsp3) is 0.0417. The Morgan fingerprint density at radius 2 is 1.59 bits per heavy atom. The Labute approximate surface area is 207 Å². The second-order valence-electron chi connectivity index (χ2n) is 7.28. The lowest BCUT2D eigenvalue weighted by Crippen LogP contribution is -2.21. The van der Waals surface area contributed by atoms with E-state index in [0.717, 1.165) is 11.3 Å². The van der Waals surface area contributed by atoms with Crippen molar-refractivity contribution in [1.29, 1.82) is 0 Å². The summed E-state index contributed by atoms with van der Waals surface area (Å²) in [5.74, 6) is 0.405. The van der Waals surface area contributed by atoms with E-state index >= 15 is 0 Å². The minimum atomic E-state index is -0.419. The van der Waals surface area contributed by atoms with Gasteiger partial charge in [-0.25, -0.2) is 4.98 Å². The van der Waals surface area contributed by atoms with E-state index in [2.05, 4.69) is 0 Å². The number of rotatable bonds is 6. The summed E-state index contributed by atoms with van der Waals surface area (Å²) in [7, 11) is 0. The van der Waals surface area contributed by atoms with Crippen molar-refractivity contribution in [3.05, 3.63) is 115 Å². The zero-order valence-corrected chi connectivity index (χ0v) is 20.0. The number of benzene rings is 3. The van der Waals surface area contributed by atoms with Gasteiger partial charge in [-0.3, -0.25) is 24.0 Å². The van der Waals surface area contributed by atoms with Crippen molar-refractivity contribution in [3.63, 3.8) is 0 Å². The van der Waals surface area contributed by atoms with E-state index < -0.39 is 4.92 Å². The zero-order valence-electron chi connectivity index (χ0n) is 17.5. The summed E-state index contributed by atoms with van der Waals surface area (Å²) in [4.78, 5) is 29.3. The normalized spacial score (nSPS) is 11.1. The van der Waals surface area contributed by atoms with Crippen molar-refractivity contribution < 1.29 is 4.92 Å². The predicted octanol–water partition coefficient (Wildman–Crippen LogP) is 6.17. The molecule has 0 saturated heterocycles. The van der Waals surface area contributed by atoms with Crippen molar-refractivity contribution in [2.75, 3.05) is 0 Å². The first-order valence-electron chi connectivity index (χ1n) is 10.2. The van der Waals surface area contributed by atoms with Crippen LogP contribution in [0.1, 0.15) is 5.56 Å². The molecule has 168 valence electrons. The van der Waals surface area contributed by atoms with Crippen LogP contribution in [-0.2, 0) is 5.75 Å². The number of fused-ring (bicyclic) bond motifs is 1. The summed E-state index contributed by atoms with van der Waals surface area (Å²) in [6.07, 6.45) is 0. The number of aromatic nitrogens is 3. The Morgan fingerprint density at radius 1 is 0.941 bits per heavy atom. The van der Waals surface area contributed by atoms with Crippen molar-refractivity contribution in [1.82, 2.24) is 14.1 Å². The molecule has 10 heteroatoms. The first-order chi connectivity index (χ1) is 16.5. The van der Waals surface area contributed by atoms with Crippen LogP contribution in [0.2, 0.25) is 0 Å². The maximum atomic E-state index is 13.7. The summed E-state index contributed by atoms with van der Waals surface area (Å²) < 4.78 is 4.39. The molecule has 2 aromatic heterocycles. The number of para-hydroxylation sites is 2. The Bertz CT molecular complexity index is 1630. The molecule has 0 N–H and O–H groups in total. The monoisotopic (exact) mass is 504 g/mol. The molecule has 7 nitrogen and oxygen atoms in total. The van der Waals surface area contributed by atoms with Gasteiger partial charge in [-0.2, -0.15) is 0 Å². The third-order valence-electron chi connectivity index (χ3n) is 5.10. The lowest BCUT2D eigenvalue weighted by atomic mass is 10.2. The maximum absolute atomic E-state index is 13.7. The number of non-ortho nitro benzene ring substituents is 1. The van der Waals surface area contributed by atoms with E-state index in [1.165, 1.54) is 35.2 Å². The third-order valence-corrected chi connectivity index (χ3v) is 7.46. The average Bonchev–Trinajstić information content (AvgIpc) is 3.20. The largest absolute Gasteiger partial charge is 0.278 e. The lowest BCUT2D eigenvalue weighted by molar-refractivity contribution is -0.384. The number of hydrogen-bond donors (Lipinski definition) is 0. The maximum Gasteiger partial charge on any atom is 0.278 e. The van der Waals surface area contributed by atoms with Gasteiger partial charge in [0.15, 0.2) is 14.8 Å². The first kappa shape index (κ1) is 22.2. The van der Waals surface area contributed by atoms with Crippen molar-refractivity contribution >= 4 is 51.4 Å². The molecule has 0 fully saturated rings. The highest BCUT2D eigenvalue weighted by Gasteiger charge is 2.19. The van der Waals surface area contributed by atoms with Gasteiger partial charge in [0.05, 0.1) is 10.6 Å². The molecule has 0 spiro atoms. The predicted molar refractivity (Wildman–Crippen MR) is 138 cm³/mol. The van der Waals surface area contributed by atoms with E-state index in [1.54, 1.807) is 10.6 Å². The van der Waals surface area contributed by atoms with E-state index in [0.29, 0.717) is 30.9 Å². The van der Waals surface area contributed by atoms with Gasteiger partial charge in [0.25, 0.3) is 11.2 Å². The van der Waals surface area contributed by atoms with Crippen molar-refractivity contribution in [2.24, 2.45) is 0 Å². The highest BCUT2D eigenvalue weighted by molar-refractivity contribution is 7.98. The highest BCUT2D eigenvalue weighted by atomic mass is 32.2. The number of nitrogens with zero attached hydrogens (tertiary/aromatic N) is 4. The molecule has 0 bridgehead atoms. The molecule has 3 aromatic carbocycles. The Kier molecular flexibility index (Phi) is 6.10. The van der Waals surface area contributed by atoms with Crippen molar-refractivity contribution in [2.45, 2.75) is 10.9 Å². The third kappa shape index (κ3) is 4.18. The molecule has 5 aromatic rings. The molecule has 34 heavy (non-hydrogen) atoms. The molecule has 0 unspecified atom stereocenters. The van der Waals surface area contributed by atoms with E-state index in [9.17, 15) is 14.9 Å². The minimum absolute atomic E-state index is 0.0254. The first-order valence-corrected chi connectivity index (χ1v) is 12.4. The Morgan fingerprint density at radius 3 is 2.24 bits per heavy atom. The van der Waals surface area contributed by atoms with Crippen LogP contribution in [0.4, 0.5) is 5.69 Å². The Hall–Kier alpha value is -3.60. The molecule has 5 rings (SSSR count). The highest BCUT2D eigenvalue weighted by Crippen LogP contribution is 2.29. The van der Waals surface area contributed by atoms with Crippen LogP contribution in [0.5, 0.6) is 0 Å². The van der Waals surface area contributed by atoms with Crippen LogP contribution >= 0.6 is 35.3 Å². The fourth-order valence-corrected chi connectivity index (χ4v) is 5.80. The number of thioether (sulfide) groups is 1. The summed E-state index contributed by atoms with van der Waals surface area (Å²) in [6, 6.07) is 25.3. The van der Waals surface area contributed by atoms with Crippen LogP contribution in [-0.4, -0.2) is 19.0 Å². The van der Waals surface area contributed by atoms with E-state index in [4.69, 9.17) is 17.2 Å². The summed E-state index contributed by atoms with van der Waals surface area (Å²) >= 11 is 8.18. The van der Waals surface area contributed by atoms with Crippen LogP contribution < -0.4 is 5.56 Å². The topological polar surface area (TPSA) is 83.0 Å². The van der Waals surface area contributed by atoms with Gasteiger partial charge in [0.2, 0.25) is 0 Å². The molecule has 0 saturated carbocycles. The minimum Gasteiger partial charge on any atom is -0.275 e. The van der Waals surface area contributed by atoms with E-state index in [1.807, 2.05) is 71.3 Å².